The topological polar surface area (TPSA) is 107 Å². The van der Waals surface area contributed by atoms with Crippen molar-refractivity contribution in [1.29, 1.82) is 0 Å². The van der Waals surface area contributed by atoms with E-state index in [1.807, 2.05) is 44.2 Å². The summed E-state index contributed by atoms with van der Waals surface area (Å²) in [7, 11) is 1.67. The fourth-order valence-corrected chi connectivity index (χ4v) is 10.8. The van der Waals surface area contributed by atoms with Crippen molar-refractivity contribution < 1.29 is 43.1 Å². The van der Waals surface area contributed by atoms with Crippen molar-refractivity contribution in [1.82, 2.24) is 0 Å². The van der Waals surface area contributed by atoms with Gasteiger partial charge in [0.2, 0.25) is 0 Å². The number of hydrogen-bond donors (Lipinski definition) is 0. The number of hydrogen-bond acceptors (Lipinski definition) is 9. The third-order valence-corrected chi connectivity index (χ3v) is 13.4. The Morgan fingerprint density at radius 3 is 2.08 bits per heavy atom. The first-order chi connectivity index (χ1) is 24.4. The number of ketones is 1. The van der Waals surface area contributed by atoms with Crippen molar-refractivity contribution >= 4 is 29.3 Å². The van der Waals surface area contributed by atoms with Gasteiger partial charge in [-0.3, -0.25) is 14.4 Å². The molecule has 1 saturated heterocycles. The second-order valence-electron chi connectivity index (χ2n) is 15.9. The summed E-state index contributed by atoms with van der Waals surface area (Å²) in [5.41, 5.74) is 2.62. The number of benzene rings is 2. The van der Waals surface area contributed by atoms with Gasteiger partial charge in [0.1, 0.15) is 18.0 Å². The first-order valence-corrected chi connectivity index (χ1v) is 19.1. The Balaban J connectivity index is 1.29. The molecule has 1 spiro atoms. The molecule has 4 bridgehead atoms. The van der Waals surface area contributed by atoms with E-state index in [1.165, 1.54) is 20.3 Å². The molecule has 0 N–H and O–H groups in total. The lowest BCUT2D eigenvalue weighted by Gasteiger charge is -2.68. The number of halogens is 1. The SMILES string of the molecule is CCC(=O)c1ccc(Cc2cc(O[C@@H]3CC(COC(C)=O)[C@H](C)[C@H](C)C3OC(C)=O)c(Cl)c(C3(OC)OOC34C3CC5CC(C3)CC4C5)c2)cc1. The first kappa shape index (κ1) is 36.4. The third kappa shape index (κ3) is 6.30. The average molecular weight is 723 g/mol. The summed E-state index contributed by atoms with van der Waals surface area (Å²) in [5, 5.41) is 0.366. The van der Waals surface area contributed by atoms with Crippen LogP contribution in [0, 0.1) is 41.4 Å². The average Bonchev–Trinajstić information content (AvgIpc) is 3.08. The number of Topliss-reactive ketones (excluding diaryl/α,β-unsaturated/α-hetero) is 1. The standard InChI is InChI=1S/C41H51ClO9/c1-7-35(45)30-10-8-26(9-11-30)12-29-18-34(41(46-6)40(50-51-41)32-14-27-13-28(16-32)17-33(40)15-27)38(42)36(19-29)49-37-20-31(21-47-24(4)43)22(2)23(3)39(37)48-25(5)44/h8-11,18-19,22-23,27-28,31-33,37,39H,7,12-17,20-21H2,1-6H3/t22-,23+,27?,28?,31?,32?,33?,37-,39?,40?,41?/m1/s1. The molecular weight excluding hydrogens is 672 g/mol. The lowest BCUT2D eigenvalue weighted by Crippen LogP contribution is -2.76. The fraction of sp³-hybridized carbons (Fsp3) is 0.634. The fourth-order valence-electron chi connectivity index (χ4n) is 10.5. The lowest BCUT2D eigenvalue weighted by atomic mass is 9.47. The van der Waals surface area contributed by atoms with Gasteiger partial charge in [0.15, 0.2) is 11.4 Å². The Kier molecular flexibility index (Phi) is 10.1. The molecule has 10 heteroatoms. The Hall–Kier alpha value is -2.98. The summed E-state index contributed by atoms with van der Waals surface area (Å²) >= 11 is 7.45. The maximum absolute atomic E-state index is 12.4. The largest absolute Gasteiger partial charge is 0.485 e. The van der Waals surface area contributed by atoms with Crippen LogP contribution in [0.5, 0.6) is 5.75 Å². The minimum absolute atomic E-state index is 0.0171. The van der Waals surface area contributed by atoms with Gasteiger partial charge in [-0.1, -0.05) is 56.6 Å². The van der Waals surface area contributed by atoms with E-state index in [0.29, 0.717) is 53.0 Å². The van der Waals surface area contributed by atoms with Crippen molar-refractivity contribution in [2.45, 2.75) is 110 Å². The van der Waals surface area contributed by atoms with E-state index in [0.717, 1.165) is 36.8 Å². The summed E-state index contributed by atoms with van der Waals surface area (Å²) < 4.78 is 24.8. The van der Waals surface area contributed by atoms with Crippen LogP contribution in [0.15, 0.2) is 36.4 Å². The summed E-state index contributed by atoms with van der Waals surface area (Å²) in [5.74, 6) is 0.541. The molecule has 51 heavy (non-hydrogen) atoms. The van der Waals surface area contributed by atoms with E-state index >= 15 is 0 Å². The molecule has 1 aliphatic heterocycles. The zero-order valence-corrected chi connectivity index (χ0v) is 31.3. The van der Waals surface area contributed by atoms with E-state index in [4.69, 9.17) is 40.3 Å². The van der Waals surface area contributed by atoms with Crippen LogP contribution in [0.3, 0.4) is 0 Å². The smallest absolute Gasteiger partial charge is 0.303 e. The van der Waals surface area contributed by atoms with Gasteiger partial charge in [-0.05, 0) is 110 Å². The minimum Gasteiger partial charge on any atom is -0.485 e. The molecule has 2 aromatic carbocycles. The van der Waals surface area contributed by atoms with Crippen molar-refractivity contribution in [2.24, 2.45) is 41.4 Å². The molecular formula is C41H51ClO9. The van der Waals surface area contributed by atoms with Gasteiger partial charge in [0, 0.05) is 38.5 Å². The van der Waals surface area contributed by atoms with Crippen molar-refractivity contribution in [2.75, 3.05) is 13.7 Å². The maximum Gasteiger partial charge on any atom is 0.303 e. The van der Waals surface area contributed by atoms with Crippen LogP contribution in [-0.4, -0.2) is 49.2 Å². The number of methoxy groups -OCH3 is 1. The van der Waals surface area contributed by atoms with Crippen molar-refractivity contribution in [3.8, 4) is 5.75 Å². The van der Waals surface area contributed by atoms with E-state index in [9.17, 15) is 14.4 Å². The van der Waals surface area contributed by atoms with Crippen LogP contribution < -0.4 is 4.74 Å². The number of ether oxygens (including phenoxy) is 4. The number of esters is 2. The van der Waals surface area contributed by atoms with Crippen molar-refractivity contribution in [3.05, 3.63) is 63.7 Å². The number of rotatable bonds is 11. The Morgan fingerprint density at radius 2 is 1.53 bits per heavy atom. The molecule has 0 amide bonds. The highest BCUT2D eigenvalue weighted by Gasteiger charge is 2.77. The van der Waals surface area contributed by atoms with Crippen LogP contribution >= 0.6 is 11.6 Å². The quantitative estimate of drug-likeness (QED) is 0.130. The molecule has 276 valence electrons. The number of carbonyl (C=O) groups is 3. The second-order valence-corrected chi connectivity index (χ2v) is 16.3. The highest BCUT2D eigenvalue weighted by atomic mass is 35.5. The molecule has 6 fully saturated rings. The van der Waals surface area contributed by atoms with Crippen LogP contribution in [0.1, 0.15) is 107 Å². The molecule has 6 aliphatic rings. The van der Waals surface area contributed by atoms with Gasteiger partial charge < -0.3 is 18.9 Å². The summed E-state index contributed by atoms with van der Waals surface area (Å²) in [6, 6.07) is 11.7. The molecule has 5 aliphatic carbocycles. The van der Waals surface area contributed by atoms with Gasteiger partial charge in [-0.15, -0.1) is 0 Å². The summed E-state index contributed by atoms with van der Waals surface area (Å²) in [4.78, 5) is 49.0. The van der Waals surface area contributed by atoms with Crippen LogP contribution in [-0.2, 0) is 45.8 Å². The molecule has 5 saturated carbocycles. The summed E-state index contributed by atoms with van der Waals surface area (Å²) in [6.45, 7) is 9.06. The van der Waals surface area contributed by atoms with Gasteiger partial charge >= 0.3 is 11.9 Å². The predicted octanol–water partition coefficient (Wildman–Crippen LogP) is 8.01. The molecule has 0 aromatic heterocycles. The normalized spacial score (nSPS) is 36.4. The van der Waals surface area contributed by atoms with E-state index in [2.05, 4.69) is 13.0 Å². The number of carbonyl (C=O) groups excluding carboxylic acids is 3. The van der Waals surface area contributed by atoms with Gasteiger partial charge in [0.05, 0.1) is 11.6 Å². The highest BCUT2D eigenvalue weighted by molar-refractivity contribution is 6.33. The first-order valence-electron chi connectivity index (χ1n) is 18.7. The molecule has 1 heterocycles. The van der Waals surface area contributed by atoms with Crippen LogP contribution in [0.4, 0.5) is 0 Å². The minimum atomic E-state index is -1.24. The lowest BCUT2D eigenvalue weighted by molar-refractivity contribution is -0.645. The molecule has 9 nitrogen and oxygen atoms in total. The third-order valence-electron chi connectivity index (χ3n) is 13.0. The zero-order chi connectivity index (χ0) is 36.2. The molecule has 3 unspecified atom stereocenters. The van der Waals surface area contributed by atoms with Crippen molar-refractivity contribution in [3.63, 3.8) is 0 Å². The van der Waals surface area contributed by atoms with Crippen LogP contribution in [0.2, 0.25) is 5.02 Å². The molecule has 2 aromatic rings. The second kappa shape index (κ2) is 14.1. The van der Waals surface area contributed by atoms with Gasteiger partial charge in [-0.25, -0.2) is 4.89 Å². The Morgan fingerprint density at radius 1 is 0.863 bits per heavy atom. The van der Waals surface area contributed by atoms with Crippen LogP contribution in [0.25, 0.3) is 0 Å². The Bertz CT molecular complexity index is 1620. The summed E-state index contributed by atoms with van der Waals surface area (Å²) in [6.07, 6.45) is 5.98. The monoisotopic (exact) mass is 722 g/mol. The van der Waals surface area contributed by atoms with Gasteiger partial charge in [0.25, 0.3) is 5.79 Å². The molecule has 6 atom stereocenters. The maximum atomic E-state index is 12.4. The van der Waals surface area contributed by atoms with E-state index in [1.54, 1.807) is 7.11 Å². The molecule has 8 rings (SSSR count). The molecule has 0 radical (unpaired) electrons. The predicted molar refractivity (Wildman–Crippen MR) is 189 cm³/mol. The van der Waals surface area contributed by atoms with E-state index in [-0.39, 0.29) is 53.9 Å². The highest BCUT2D eigenvalue weighted by Crippen LogP contribution is 2.70. The zero-order valence-electron chi connectivity index (χ0n) is 30.6. The Labute approximate surface area is 305 Å². The van der Waals surface area contributed by atoms with E-state index < -0.39 is 23.6 Å². The van der Waals surface area contributed by atoms with Gasteiger partial charge in [-0.2, -0.15) is 4.89 Å².